The number of aliphatic hydroxyl groups excluding tert-OH is 1. The predicted molar refractivity (Wildman–Crippen MR) is 58.5 cm³/mol. The lowest BCUT2D eigenvalue weighted by Crippen LogP contribution is -1.80. The van der Waals surface area contributed by atoms with Gasteiger partial charge in [0, 0.05) is 6.08 Å². The van der Waals surface area contributed by atoms with Crippen LogP contribution >= 0.6 is 0 Å². The molecule has 0 radical (unpaired) electrons. The van der Waals surface area contributed by atoms with Crippen molar-refractivity contribution in [3.8, 4) is 6.07 Å². The van der Waals surface area contributed by atoms with E-state index in [1.807, 2.05) is 44.2 Å². The summed E-state index contributed by atoms with van der Waals surface area (Å²) in [6.45, 7) is 3.86. The van der Waals surface area contributed by atoms with E-state index >= 15 is 0 Å². The SMILES string of the molecule is CC(/C=C/C#N)=C\C=C\C=C(/C)CO. The standard InChI is InChI=1S/C12H15NO/c1-11(8-5-9-13)6-3-4-7-12(2)10-14/h3-8,14H,10H2,1-2H3/b4-3+,8-5+,11-6+,12-7+. The molecular weight excluding hydrogens is 174 g/mol. The van der Waals surface area contributed by atoms with Crippen LogP contribution in [0.25, 0.3) is 0 Å². The molecule has 0 aromatic carbocycles. The number of nitrogens with zero attached hydrogens (tertiary/aromatic N) is 1. The van der Waals surface area contributed by atoms with Gasteiger partial charge in [-0.3, -0.25) is 0 Å². The van der Waals surface area contributed by atoms with Gasteiger partial charge in [0.05, 0.1) is 12.7 Å². The molecule has 0 fully saturated rings. The topological polar surface area (TPSA) is 44.0 Å². The van der Waals surface area contributed by atoms with Crippen LogP contribution in [-0.2, 0) is 0 Å². The summed E-state index contributed by atoms with van der Waals surface area (Å²) in [5, 5.41) is 17.0. The molecule has 0 rings (SSSR count). The minimum atomic E-state index is 0.0847. The van der Waals surface area contributed by atoms with Gasteiger partial charge in [-0.2, -0.15) is 5.26 Å². The van der Waals surface area contributed by atoms with Crippen LogP contribution in [0.3, 0.4) is 0 Å². The molecule has 0 unspecified atom stereocenters. The van der Waals surface area contributed by atoms with E-state index in [0.717, 1.165) is 11.1 Å². The Morgan fingerprint density at radius 1 is 1.29 bits per heavy atom. The molecule has 0 amide bonds. The van der Waals surface area contributed by atoms with Crippen molar-refractivity contribution in [1.29, 1.82) is 5.26 Å². The molecule has 0 aliphatic heterocycles. The van der Waals surface area contributed by atoms with E-state index in [4.69, 9.17) is 10.4 Å². The fraction of sp³-hybridized carbons (Fsp3) is 0.250. The molecule has 0 aliphatic carbocycles. The van der Waals surface area contributed by atoms with Crippen molar-refractivity contribution in [3.05, 3.63) is 47.6 Å². The number of hydrogen-bond donors (Lipinski definition) is 1. The lowest BCUT2D eigenvalue weighted by Gasteiger charge is -1.88. The van der Waals surface area contributed by atoms with Gasteiger partial charge in [0.1, 0.15) is 0 Å². The van der Waals surface area contributed by atoms with Crippen LogP contribution < -0.4 is 0 Å². The normalized spacial score (nSPS) is 13.9. The van der Waals surface area contributed by atoms with Crippen molar-refractivity contribution < 1.29 is 5.11 Å². The maximum absolute atomic E-state index is 8.69. The van der Waals surface area contributed by atoms with E-state index < -0.39 is 0 Å². The average Bonchev–Trinajstić information content (AvgIpc) is 2.21. The van der Waals surface area contributed by atoms with Crippen LogP contribution in [0.1, 0.15) is 13.8 Å². The molecule has 0 saturated carbocycles. The Bertz CT molecular complexity index is 314. The molecule has 0 aromatic heterocycles. The van der Waals surface area contributed by atoms with E-state index in [1.165, 1.54) is 6.08 Å². The first-order valence-electron chi connectivity index (χ1n) is 4.38. The summed E-state index contributed by atoms with van der Waals surface area (Å²) in [6, 6.07) is 1.93. The monoisotopic (exact) mass is 189 g/mol. The number of aliphatic hydroxyl groups is 1. The first kappa shape index (κ1) is 12.4. The molecule has 14 heavy (non-hydrogen) atoms. The van der Waals surface area contributed by atoms with Crippen LogP contribution in [0.4, 0.5) is 0 Å². The van der Waals surface area contributed by atoms with Crippen molar-refractivity contribution >= 4 is 0 Å². The van der Waals surface area contributed by atoms with E-state index in [2.05, 4.69) is 0 Å². The maximum Gasteiger partial charge on any atom is 0.0912 e. The highest BCUT2D eigenvalue weighted by Crippen LogP contribution is 1.96. The van der Waals surface area contributed by atoms with Crippen molar-refractivity contribution in [3.63, 3.8) is 0 Å². The van der Waals surface area contributed by atoms with Gasteiger partial charge < -0.3 is 5.11 Å². The van der Waals surface area contributed by atoms with Gasteiger partial charge in [0.2, 0.25) is 0 Å². The van der Waals surface area contributed by atoms with Crippen molar-refractivity contribution in [1.82, 2.24) is 0 Å². The minimum Gasteiger partial charge on any atom is -0.392 e. The maximum atomic E-state index is 8.69. The van der Waals surface area contributed by atoms with Gasteiger partial charge in [-0.05, 0) is 25.5 Å². The molecule has 0 bridgehead atoms. The lowest BCUT2D eigenvalue weighted by molar-refractivity contribution is 0.331. The summed E-state index contributed by atoms with van der Waals surface area (Å²) in [7, 11) is 0. The number of nitriles is 1. The van der Waals surface area contributed by atoms with Gasteiger partial charge in [0.25, 0.3) is 0 Å². The van der Waals surface area contributed by atoms with Crippen LogP contribution in [0.5, 0.6) is 0 Å². The lowest BCUT2D eigenvalue weighted by atomic mass is 10.2. The highest BCUT2D eigenvalue weighted by Gasteiger charge is 1.79. The highest BCUT2D eigenvalue weighted by molar-refractivity contribution is 5.26. The zero-order valence-electron chi connectivity index (χ0n) is 8.57. The number of allylic oxidation sites excluding steroid dienone is 7. The zero-order valence-corrected chi connectivity index (χ0v) is 8.57. The Balaban J connectivity index is 4.16. The third-order valence-corrected chi connectivity index (χ3v) is 1.52. The molecule has 0 atom stereocenters. The summed E-state index contributed by atoms with van der Waals surface area (Å²) in [5.41, 5.74) is 1.93. The quantitative estimate of drug-likeness (QED) is 0.545. The summed E-state index contributed by atoms with van der Waals surface area (Å²) >= 11 is 0. The van der Waals surface area contributed by atoms with Crippen molar-refractivity contribution in [2.45, 2.75) is 13.8 Å². The molecule has 74 valence electrons. The minimum absolute atomic E-state index is 0.0847. The van der Waals surface area contributed by atoms with E-state index in [0.29, 0.717) is 0 Å². The van der Waals surface area contributed by atoms with Gasteiger partial charge in [0.15, 0.2) is 0 Å². The molecule has 0 heterocycles. The Kier molecular flexibility index (Phi) is 7.12. The predicted octanol–water partition coefficient (Wildman–Crippen LogP) is 2.51. The Morgan fingerprint density at radius 3 is 2.50 bits per heavy atom. The van der Waals surface area contributed by atoms with Gasteiger partial charge >= 0.3 is 0 Å². The van der Waals surface area contributed by atoms with Gasteiger partial charge in [-0.1, -0.05) is 29.9 Å². The molecule has 1 N–H and O–H groups in total. The Hall–Kier alpha value is -1.59. The molecule has 0 saturated heterocycles. The zero-order chi connectivity index (χ0) is 10.8. The number of rotatable bonds is 4. The summed E-state index contributed by atoms with van der Waals surface area (Å²) in [4.78, 5) is 0. The molecule has 0 spiro atoms. The third kappa shape index (κ3) is 7.08. The third-order valence-electron chi connectivity index (χ3n) is 1.52. The fourth-order valence-corrected chi connectivity index (χ4v) is 0.704. The second kappa shape index (κ2) is 8.03. The summed E-state index contributed by atoms with van der Waals surface area (Å²) < 4.78 is 0. The van der Waals surface area contributed by atoms with Crippen LogP contribution in [-0.4, -0.2) is 11.7 Å². The Morgan fingerprint density at radius 2 is 1.93 bits per heavy atom. The van der Waals surface area contributed by atoms with E-state index in [9.17, 15) is 0 Å². The van der Waals surface area contributed by atoms with Crippen molar-refractivity contribution in [2.75, 3.05) is 6.61 Å². The fourth-order valence-electron chi connectivity index (χ4n) is 0.704. The van der Waals surface area contributed by atoms with Gasteiger partial charge in [-0.15, -0.1) is 0 Å². The van der Waals surface area contributed by atoms with Crippen LogP contribution in [0.2, 0.25) is 0 Å². The summed E-state index contributed by atoms with van der Waals surface area (Å²) in [5.74, 6) is 0. The second-order valence-corrected chi connectivity index (χ2v) is 2.93. The van der Waals surface area contributed by atoms with E-state index in [1.54, 1.807) is 6.08 Å². The Labute approximate surface area is 85.2 Å². The largest absolute Gasteiger partial charge is 0.392 e. The van der Waals surface area contributed by atoms with Crippen LogP contribution in [0.15, 0.2) is 47.6 Å². The van der Waals surface area contributed by atoms with E-state index in [-0.39, 0.29) is 6.61 Å². The van der Waals surface area contributed by atoms with Gasteiger partial charge in [-0.25, -0.2) is 0 Å². The van der Waals surface area contributed by atoms with Crippen molar-refractivity contribution in [2.24, 2.45) is 0 Å². The molecule has 2 heteroatoms. The highest BCUT2D eigenvalue weighted by atomic mass is 16.3. The average molecular weight is 189 g/mol. The summed E-state index contributed by atoms with van der Waals surface area (Å²) in [6.07, 6.45) is 10.7. The number of hydrogen-bond acceptors (Lipinski definition) is 2. The molecule has 0 aromatic rings. The molecule has 0 aliphatic rings. The molecule has 2 nitrogen and oxygen atoms in total. The van der Waals surface area contributed by atoms with Crippen LogP contribution in [0, 0.1) is 11.3 Å². The first-order chi connectivity index (χ1) is 6.70. The smallest absolute Gasteiger partial charge is 0.0912 e. The first-order valence-corrected chi connectivity index (χ1v) is 4.38. The second-order valence-electron chi connectivity index (χ2n) is 2.93. The molecular formula is C12H15NO.